The van der Waals surface area contributed by atoms with Gasteiger partial charge in [0.1, 0.15) is 29.9 Å². The minimum absolute atomic E-state index is 0.00902. The molecule has 0 saturated carbocycles. The van der Waals surface area contributed by atoms with Crippen LogP contribution < -0.4 is 30.8 Å². The summed E-state index contributed by atoms with van der Waals surface area (Å²) >= 11 is 1.52. The van der Waals surface area contributed by atoms with Gasteiger partial charge in [0.2, 0.25) is 5.91 Å². The van der Waals surface area contributed by atoms with Crippen LogP contribution in [0.1, 0.15) is 65.5 Å². The molecule has 1 unspecified atom stereocenters. The lowest BCUT2D eigenvalue weighted by Crippen LogP contribution is -2.48. The van der Waals surface area contributed by atoms with Crippen molar-refractivity contribution < 1.29 is 50.8 Å². The van der Waals surface area contributed by atoms with Gasteiger partial charge in [-0.1, -0.05) is 13.8 Å². The Labute approximate surface area is 438 Å². The normalized spacial score (nSPS) is 18.0. The van der Waals surface area contributed by atoms with E-state index < -0.39 is 63.0 Å². The summed E-state index contributed by atoms with van der Waals surface area (Å²) in [6.45, 7) is 7.06. The Morgan fingerprint density at radius 1 is 1.07 bits per heavy atom. The summed E-state index contributed by atoms with van der Waals surface area (Å²) in [4.78, 5) is 78.2. The van der Waals surface area contributed by atoms with E-state index in [0.29, 0.717) is 59.9 Å². The van der Waals surface area contributed by atoms with Crippen LogP contribution in [0.4, 0.5) is 20.3 Å². The van der Waals surface area contributed by atoms with Gasteiger partial charge in [0.05, 0.1) is 46.4 Å². The number of aromatic nitrogens is 5. The van der Waals surface area contributed by atoms with Crippen molar-refractivity contribution in [3.63, 3.8) is 0 Å². The lowest BCUT2D eigenvalue weighted by molar-refractivity contribution is -0.143. The van der Waals surface area contributed by atoms with Crippen LogP contribution in [0.25, 0.3) is 32.5 Å². The van der Waals surface area contributed by atoms with E-state index in [1.807, 2.05) is 32.9 Å². The number of aliphatic hydroxyl groups is 1. The van der Waals surface area contributed by atoms with Gasteiger partial charge in [0, 0.05) is 98.5 Å². The number of pyridine rings is 2. The number of halogens is 2. The number of nitrogens with one attached hydrogen (secondary N) is 3. The lowest BCUT2D eigenvalue weighted by atomic mass is 9.91. The van der Waals surface area contributed by atoms with E-state index in [9.17, 15) is 37.1 Å². The largest absolute Gasteiger partial charge is 0.474 e. The topological polar surface area (TPSA) is 247 Å². The zero-order valence-corrected chi connectivity index (χ0v) is 43.6. The van der Waals surface area contributed by atoms with Crippen molar-refractivity contribution in [3.05, 3.63) is 123 Å². The Hall–Kier alpha value is -7.54. The van der Waals surface area contributed by atoms with Gasteiger partial charge >= 0.3 is 0 Å². The van der Waals surface area contributed by atoms with Crippen molar-refractivity contribution in [2.45, 2.75) is 70.0 Å². The molecule has 8 heterocycles. The number of amides is 3. The molecule has 3 amide bonds. The van der Waals surface area contributed by atoms with Gasteiger partial charge in [0.25, 0.3) is 23.3 Å². The number of β-amino-alcohol motifs (C(OH)–C–C–N with tert-alkyl or cyclic N) is 1. The van der Waals surface area contributed by atoms with Crippen LogP contribution in [0, 0.1) is 24.5 Å². The van der Waals surface area contributed by atoms with E-state index in [4.69, 9.17) is 14.1 Å². The Morgan fingerprint density at radius 2 is 1.86 bits per heavy atom. The van der Waals surface area contributed by atoms with Gasteiger partial charge in [-0.2, -0.15) is 5.48 Å². The maximum absolute atomic E-state index is 15.7. The fourth-order valence-corrected chi connectivity index (χ4v) is 11.9. The van der Waals surface area contributed by atoms with Gasteiger partial charge in [-0.15, -0.1) is 11.3 Å². The van der Waals surface area contributed by atoms with Crippen LogP contribution in [0.5, 0.6) is 11.6 Å². The maximum atomic E-state index is 15.7. The van der Waals surface area contributed by atoms with Gasteiger partial charge in [-0.3, -0.25) is 24.1 Å². The summed E-state index contributed by atoms with van der Waals surface area (Å²) in [5.74, 6) is -4.64. The molecule has 7 aromatic rings. The highest BCUT2D eigenvalue weighted by Gasteiger charge is 2.44. The van der Waals surface area contributed by atoms with Gasteiger partial charge in [0.15, 0.2) is 33.0 Å². The number of thiazole rings is 1. The Bertz CT molecular complexity index is 3560. The molecule has 24 heteroatoms. The van der Waals surface area contributed by atoms with Crippen molar-refractivity contribution in [2.24, 2.45) is 13.0 Å². The van der Waals surface area contributed by atoms with E-state index in [1.54, 1.807) is 43.2 Å². The number of fused-ring (bicyclic) bond motifs is 2. The van der Waals surface area contributed by atoms with Crippen LogP contribution in [-0.2, 0) is 38.8 Å². The minimum Gasteiger partial charge on any atom is -0.474 e. The average Bonchev–Trinajstić information content (AvgIpc) is 4.24. The number of hydrogen-bond donors (Lipinski definition) is 4. The predicted molar refractivity (Wildman–Crippen MR) is 277 cm³/mol. The average molecular weight is 1080 g/mol. The summed E-state index contributed by atoms with van der Waals surface area (Å²) in [5, 5.41) is 18.3. The highest BCUT2D eigenvalue weighted by molar-refractivity contribution is 7.89. The van der Waals surface area contributed by atoms with Crippen molar-refractivity contribution in [1.29, 1.82) is 0 Å². The first-order valence-corrected chi connectivity index (χ1v) is 27.5. The SMILES string of the molecule is Cc1ncsc1-c1ccc(ONC(=O)[C@@H]2C[C@@H](O)CN2C(=O)C(c2cc(OCCN3CC[C@H](NC(=O)c4cc5c(cc4CS(C)(=O)=O)-c4cn(C)c(=O)c6[nH]cc(c46)CN5c4ncc(F)cc4F)C3)no2)C(C)C)cc1. The zero-order chi connectivity index (χ0) is 53.7. The molecule has 4 N–H and O–H groups in total. The fourth-order valence-electron chi connectivity index (χ4n) is 10.3. The first kappa shape index (κ1) is 51.9. The second kappa shape index (κ2) is 20.9. The highest BCUT2D eigenvalue weighted by Crippen LogP contribution is 2.45. The zero-order valence-electron chi connectivity index (χ0n) is 42.0. The molecule has 20 nitrogen and oxygen atoms in total. The first-order chi connectivity index (χ1) is 36.3. The van der Waals surface area contributed by atoms with Crippen molar-refractivity contribution in [2.75, 3.05) is 43.9 Å². The number of sulfone groups is 1. The number of ether oxygens (including phenoxy) is 1. The molecule has 2 aromatic carbocycles. The van der Waals surface area contributed by atoms with Gasteiger partial charge in [-0.25, -0.2) is 27.2 Å². The summed E-state index contributed by atoms with van der Waals surface area (Å²) < 4.78 is 68.7. The number of carbonyl (C=O) groups is 3. The molecule has 10 rings (SSSR count). The number of anilines is 2. The molecule has 0 bridgehead atoms. The third-order valence-corrected chi connectivity index (χ3v) is 15.7. The van der Waals surface area contributed by atoms with Crippen LogP contribution in [-0.4, -0.2) is 123 Å². The number of likely N-dealkylation sites (tertiary alicyclic amines) is 2. The third-order valence-electron chi connectivity index (χ3n) is 13.9. The van der Waals surface area contributed by atoms with E-state index in [1.165, 1.54) is 37.8 Å². The number of aliphatic hydroxyl groups excluding tert-OH is 1. The van der Waals surface area contributed by atoms with E-state index in [0.717, 1.165) is 28.6 Å². The van der Waals surface area contributed by atoms with Crippen molar-refractivity contribution in [1.82, 2.24) is 45.3 Å². The number of aryl methyl sites for hydroxylation is 2. The Kier molecular flexibility index (Phi) is 14.3. The quantitative estimate of drug-likeness (QED) is 0.0871. The first-order valence-electron chi connectivity index (χ1n) is 24.5. The number of rotatable bonds is 16. The van der Waals surface area contributed by atoms with Gasteiger partial charge < -0.3 is 43.9 Å². The van der Waals surface area contributed by atoms with Crippen LogP contribution in [0.3, 0.4) is 0 Å². The van der Waals surface area contributed by atoms with Crippen LogP contribution >= 0.6 is 11.3 Å². The van der Waals surface area contributed by atoms with Gasteiger partial charge in [-0.05, 0) is 77.5 Å². The van der Waals surface area contributed by atoms with E-state index >= 15 is 4.39 Å². The van der Waals surface area contributed by atoms with Crippen LogP contribution in [0.15, 0.2) is 81.9 Å². The lowest BCUT2D eigenvalue weighted by Gasteiger charge is -2.28. The summed E-state index contributed by atoms with van der Waals surface area (Å²) in [6, 6.07) is 11.1. The number of H-pyrrole nitrogens is 1. The molecular weight excluding hydrogens is 1030 g/mol. The summed E-state index contributed by atoms with van der Waals surface area (Å²) in [6.07, 6.45) is 4.78. The highest BCUT2D eigenvalue weighted by atomic mass is 32.2. The standard InChI is InChI=1S/C52H54F2N10O10S2/c1-27(2)44(51(68)64-23-34(65)16-41(64)50(67)60-73-35-8-6-29(7-9-35)47-28(3)57-26-75-47)42-18-43(59-74-42)72-13-12-62-11-10-33(22-62)58-49(66)36-17-40-37(14-30(36)25-76(5,70)71)38-24-61(4)52(69)46-45(38)31(19-55-46)21-63(40)48-39(54)15-32(53)20-56-48/h6-9,14-15,17-20,24,26-27,33-34,41,44,55,65H,10-13,16,21-23,25H2,1-5H3,(H,58,66)(H,60,67)/t33-,34+,41-,44?/m0/s1. The number of nitrogens with zero attached hydrogens (tertiary/aromatic N) is 7. The fraction of sp³-hybridized carbons (Fsp3) is 0.365. The molecule has 3 aliphatic rings. The van der Waals surface area contributed by atoms with E-state index in [2.05, 4.69) is 35.8 Å². The van der Waals surface area contributed by atoms with Crippen molar-refractivity contribution >= 4 is 61.3 Å². The Balaban J connectivity index is 0.789. The monoisotopic (exact) mass is 1080 g/mol. The molecule has 2 fully saturated rings. The molecule has 5 aromatic heterocycles. The van der Waals surface area contributed by atoms with Crippen molar-refractivity contribution in [3.8, 4) is 33.2 Å². The molecule has 0 radical (unpaired) electrons. The molecular formula is C52H54F2N10O10S2. The minimum atomic E-state index is -3.72. The Morgan fingerprint density at radius 3 is 2.58 bits per heavy atom. The molecule has 398 valence electrons. The number of aromatic amines is 1. The smallest absolute Gasteiger partial charge is 0.275 e. The molecule has 76 heavy (non-hydrogen) atoms. The number of carbonyl (C=O) groups excluding carboxylic acids is 3. The van der Waals surface area contributed by atoms with E-state index in [-0.39, 0.29) is 83.4 Å². The number of hydrogen-bond acceptors (Lipinski definition) is 16. The summed E-state index contributed by atoms with van der Waals surface area (Å²) in [5.41, 5.74) is 8.06. The molecule has 0 aliphatic carbocycles. The molecule has 2 saturated heterocycles. The molecule has 3 aliphatic heterocycles. The molecule has 0 spiro atoms. The number of hydroxylamine groups is 1. The van der Waals surface area contributed by atoms with Crippen LogP contribution in [0.2, 0.25) is 0 Å². The second-order valence-electron chi connectivity index (χ2n) is 19.8. The summed E-state index contributed by atoms with van der Waals surface area (Å²) in [7, 11) is -2.15. The number of benzene rings is 2. The maximum Gasteiger partial charge on any atom is 0.275 e. The molecule has 4 atom stereocenters. The third kappa shape index (κ3) is 10.5. The predicted octanol–water partition coefficient (Wildman–Crippen LogP) is 5.52. The second-order valence-corrected chi connectivity index (χ2v) is 22.8.